The van der Waals surface area contributed by atoms with Crippen LogP contribution < -0.4 is 11.1 Å². The van der Waals surface area contributed by atoms with E-state index in [0.29, 0.717) is 18.1 Å². The molecule has 0 amide bonds. The van der Waals surface area contributed by atoms with Gasteiger partial charge in [-0.25, -0.2) is 0 Å². The Labute approximate surface area is 68.9 Å². The molecule has 4 atom stereocenters. The van der Waals surface area contributed by atoms with Crippen LogP contribution in [0.5, 0.6) is 0 Å². The molecule has 66 valence electrons. The first-order chi connectivity index (χ1) is 5.04. The van der Waals surface area contributed by atoms with Crippen molar-refractivity contribution in [1.29, 1.82) is 0 Å². The van der Waals surface area contributed by atoms with Crippen LogP contribution in [-0.2, 0) is 0 Å². The number of nitrogens with two attached hydrogens (primary N) is 1. The molecule has 0 aromatic carbocycles. The molecule has 1 rings (SSSR count). The molecule has 3 heteroatoms. The topological polar surface area (TPSA) is 41.3 Å². The van der Waals surface area contributed by atoms with E-state index in [1.54, 1.807) is 0 Å². The van der Waals surface area contributed by atoms with Crippen molar-refractivity contribution >= 4 is 0 Å². The summed E-state index contributed by atoms with van der Waals surface area (Å²) < 4.78 is 0. The minimum absolute atomic E-state index is 0.149. The lowest BCUT2D eigenvalue weighted by atomic mass is 9.96. The Morgan fingerprint density at radius 2 is 1.82 bits per heavy atom. The van der Waals surface area contributed by atoms with E-state index in [0.717, 1.165) is 0 Å². The molecular weight excluding hydrogens is 138 g/mol. The predicted octanol–water partition coefficient (Wildman–Crippen LogP) is 0.177. The lowest BCUT2D eigenvalue weighted by Crippen LogP contribution is -2.63. The fourth-order valence-corrected chi connectivity index (χ4v) is 1.57. The van der Waals surface area contributed by atoms with Crippen LogP contribution in [0.2, 0.25) is 0 Å². The minimum atomic E-state index is 0.149. The highest BCUT2D eigenvalue weighted by molar-refractivity contribution is 4.85. The van der Waals surface area contributed by atoms with Crippen LogP contribution in [0.4, 0.5) is 0 Å². The van der Waals surface area contributed by atoms with Crippen LogP contribution >= 0.6 is 0 Å². The Bertz CT molecular complexity index is 123. The Hall–Kier alpha value is -0.120. The van der Waals surface area contributed by atoms with Crippen LogP contribution in [0.3, 0.4) is 0 Å². The molecule has 3 N–H and O–H groups in total. The van der Waals surface area contributed by atoms with Gasteiger partial charge in [-0.1, -0.05) is 6.92 Å². The molecule has 11 heavy (non-hydrogen) atoms. The first-order valence-corrected chi connectivity index (χ1v) is 4.27. The van der Waals surface area contributed by atoms with Gasteiger partial charge in [0, 0.05) is 6.04 Å². The smallest absolute Gasteiger partial charge is 0.0599 e. The normalized spacial score (nSPS) is 47.7. The monoisotopic (exact) mass is 157 g/mol. The second-order valence-electron chi connectivity index (χ2n) is 3.63. The molecule has 0 aliphatic carbocycles. The molecule has 0 bridgehead atoms. The zero-order valence-corrected chi connectivity index (χ0v) is 7.83. The van der Waals surface area contributed by atoms with Crippen molar-refractivity contribution in [2.45, 2.75) is 39.1 Å². The molecular formula is C8H19N3. The summed E-state index contributed by atoms with van der Waals surface area (Å²) in [6.07, 6.45) is 0.549. The Morgan fingerprint density at radius 3 is 2.36 bits per heavy atom. The number of nitrogens with one attached hydrogen (secondary N) is 1. The van der Waals surface area contributed by atoms with E-state index >= 15 is 0 Å². The standard InChI is InChI=1S/C8H19N3/c1-5-6(2)11(4)7(3)10-8(5)9/h5-8,10H,9H2,1-4H3. The summed E-state index contributed by atoms with van der Waals surface area (Å²) in [6, 6.07) is 0.571. The van der Waals surface area contributed by atoms with E-state index in [1.165, 1.54) is 0 Å². The Kier molecular flexibility index (Phi) is 2.52. The van der Waals surface area contributed by atoms with Gasteiger partial charge in [-0.15, -0.1) is 0 Å². The maximum Gasteiger partial charge on any atom is 0.0599 e. The summed E-state index contributed by atoms with van der Waals surface area (Å²) in [5.41, 5.74) is 5.88. The average molecular weight is 157 g/mol. The van der Waals surface area contributed by atoms with E-state index in [9.17, 15) is 0 Å². The third kappa shape index (κ3) is 1.55. The summed E-state index contributed by atoms with van der Waals surface area (Å²) in [4.78, 5) is 2.31. The summed E-state index contributed by atoms with van der Waals surface area (Å²) in [6.45, 7) is 6.55. The Morgan fingerprint density at radius 1 is 1.27 bits per heavy atom. The maximum absolute atomic E-state index is 5.88. The summed E-state index contributed by atoms with van der Waals surface area (Å²) in [5.74, 6) is 0.524. The number of hydrogen-bond donors (Lipinski definition) is 2. The lowest BCUT2D eigenvalue weighted by molar-refractivity contribution is 0.0494. The fourth-order valence-electron chi connectivity index (χ4n) is 1.57. The van der Waals surface area contributed by atoms with Crippen molar-refractivity contribution in [3.8, 4) is 0 Å². The highest BCUT2D eigenvalue weighted by atomic mass is 15.3. The third-order valence-corrected chi connectivity index (χ3v) is 3.01. The minimum Gasteiger partial charge on any atom is -0.316 e. The van der Waals surface area contributed by atoms with Crippen LogP contribution in [-0.4, -0.2) is 30.3 Å². The van der Waals surface area contributed by atoms with Gasteiger partial charge in [0.15, 0.2) is 0 Å². The predicted molar refractivity (Wildman–Crippen MR) is 47.0 cm³/mol. The molecule has 0 aromatic rings. The van der Waals surface area contributed by atoms with Crippen molar-refractivity contribution in [3.05, 3.63) is 0 Å². The Balaban J connectivity index is 2.63. The summed E-state index contributed by atoms with van der Waals surface area (Å²) in [7, 11) is 2.13. The molecule has 1 fully saturated rings. The van der Waals surface area contributed by atoms with Crippen LogP contribution in [0, 0.1) is 5.92 Å². The summed E-state index contributed by atoms with van der Waals surface area (Å²) >= 11 is 0. The van der Waals surface area contributed by atoms with Crippen molar-refractivity contribution < 1.29 is 0 Å². The van der Waals surface area contributed by atoms with Gasteiger partial charge < -0.3 is 5.73 Å². The lowest BCUT2D eigenvalue weighted by Gasteiger charge is -2.44. The van der Waals surface area contributed by atoms with Crippen molar-refractivity contribution in [2.24, 2.45) is 11.7 Å². The van der Waals surface area contributed by atoms with Crippen molar-refractivity contribution in [1.82, 2.24) is 10.2 Å². The van der Waals surface area contributed by atoms with Gasteiger partial charge in [0.25, 0.3) is 0 Å². The second-order valence-corrected chi connectivity index (χ2v) is 3.63. The molecule has 0 radical (unpaired) electrons. The zero-order chi connectivity index (χ0) is 8.59. The molecule has 1 saturated heterocycles. The molecule has 1 aliphatic rings. The molecule has 4 unspecified atom stereocenters. The zero-order valence-electron chi connectivity index (χ0n) is 7.83. The first kappa shape index (κ1) is 8.97. The van der Waals surface area contributed by atoms with Crippen LogP contribution in [0.1, 0.15) is 20.8 Å². The van der Waals surface area contributed by atoms with Gasteiger partial charge in [-0.3, -0.25) is 10.2 Å². The maximum atomic E-state index is 5.88. The molecule has 0 aromatic heterocycles. The van der Waals surface area contributed by atoms with E-state index in [4.69, 9.17) is 5.73 Å². The van der Waals surface area contributed by atoms with Gasteiger partial charge in [0.1, 0.15) is 0 Å². The molecule has 1 aliphatic heterocycles. The summed E-state index contributed by atoms with van der Waals surface area (Å²) in [5, 5.41) is 3.31. The van der Waals surface area contributed by atoms with Gasteiger partial charge >= 0.3 is 0 Å². The molecule has 0 saturated carbocycles. The molecule has 0 spiro atoms. The van der Waals surface area contributed by atoms with E-state index in [2.05, 4.69) is 38.0 Å². The van der Waals surface area contributed by atoms with Gasteiger partial charge in [0.05, 0.1) is 12.3 Å². The number of rotatable bonds is 0. The fraction of sp³-hybridized carbons (Fsp3) is 1.00. The number of hydrogen-bond acceptors (Lipinski definition) is 3. The van der Waals surface area contributed by atoms with Gasteiger partial charge in [0.2, 0.25) is 0 Å². The van der Waals surface area contributed by atoms with E-state index < -0.39 is 0 Å². The highest BCUT2D eigenvalue weighted by Gasteiger charge is 2.31. The third-order valence-electron chi connectivity index (χ3n) is 3.01. The second kappa shape index (κ2) is 3.09. The van der Waals surface area contributed by atoms with E-state index in [1.807, 2.05) is 0 Å². The van der Waals surface area contributed by atoms with Crippen molar-refractivity contribution in [3.63, 3.8) is 0 Å². The SMILES string of the molecule is CC1C(N)NC(C)N(C)C1C. The van der Waals surface area contributed by atoms with E-state index in [-0.39, 0.29) is 6.17 Å². The molecule has 1 heterocycles. The highest BCUT2D eigenvalue weighted by Crippen LogP contribution is 2.17. The van der Waals surface area contributed by atoms with Gasteiger partial charge in [-0.2, -0.15) is 0 Å². The van der Waals surface area contributed by atoms with Crippen LogP contribution in [0.15, 0.2) is 0 Å². The van der Waals surface area contributed by atoms with Crippen molar-refractivity contribution in [2.75, 3.05) is 7.05 Å². The first-order valence-electron chi connectivity index (χ1n) is 4.27. The quantitative estimate of drug-likeness (QED) is 0.527. The number of nitrogens with zero attached hydrogens (tertiary/aromatic N) is 1. The van der Waals surface area contributed by atoms with Gasteiger partial charge in [-0.05, 0) is 26.8 Å². The average Bonchev–Trinajstić information content (AvgIpc) is 1.97. The van der Waals surface area contributed by atoms with Crippen LogP contribution in [0.25, 0.3) is 0 Å². The largest absolute Gasteiger partial charge is 0.316 e. The molecule has 3 nitrogen and oxygen atoms in total.